The van der Waals surface area contributed by atoms with Gasteiger partial charge in [-0.1, -0.05) is 45.0 Å². The number of anilines is 1. The van der Waals surface area contributed by atoms with Gasteiger partial charge >= 0.3 is 0 Å². The molecule has 0 aliphatic heterocycles. The highest BCUT2D eigenvalue weighted by atomic mass is 32.2. The number of benzene rings is 1. The van der Waals surface area contributed by atoms with Crippen molar-refractivity contribution in [3.05, 3.63) is 53.7 Å². The van der Waals surface area contributed by atoms with Crippen LogP contribution in [0, 0.1) is 0 Å². The molecule has 0 saturated carbocycles. The summed E-state index contributed by atoms with van der Waals surface area (Å²) >= 11 is 0. The number of nitrogens with one attached hydrogen (secondary N) is 1. The molecule has 2 N–H and O–H groups in total. The van der Waals surface area contributed by atoms with E-state index in [1.165, 1.54) is 17.8 Å². The molecule has 130 valence electrons. The van der Waals surface area contributed by atoms with E-state index < -0.39 is 15.9 Å². The lowest BCUT2D eigenvalue weighted by atomic mass is 9.86. The fraction of sp³-hybridized carbons (Fsp3) is 0.389. The molecule has 0 spiro atoms. The molecule has 1 unspecified atom stereocenters. The molecule has 0 aliphatic rings. The molecule has 0 fully saturated rings. The Bertz CT molecular complexity index is 794. The summed E-state index contributed by atoms with van der Waals surface area (Å²) in [5.74, 6) is 0.255. The Labute approximate surface area is 143 Å². The summed E-state index contributed by atoms with van der Waals surface area (Å²) in [5.41, 5.74) is 2.02. The Morgan fingerprint density at radius 2 is 1.79 bits per heavy atom. The van der Waals surface area contributed by atoms with E-state index in [2.05, 4.69) is 31.1 Å². The van der Waals surface area contributed by atoms with Crippen molar-refractivity contribution in [1.29, 1.82) is 0 Å². The molecule has 1 atom stereocenters. The monoisotopic (exact) mass is 348 g/mol. The number of aliphatic hydroxyl groups is 1. The van der Waals surface area contributed by atoms with Gasteiger partial charge in [-0.05, 0) is 28.7 Å². The van der Waals surface area contributed by atoms with Crippen LogP contribution in [0.4, 0.5) is 5.82 Å². The number of rotatable bonds is 5. The Hall–Kier alpha value is -1.92. The summed E-state index contributed by atoms with van der Waals surface area (Å²) in [5, 5.41) is 13.3. The average Bonchev–Trinajstić information content (AvgIpc) is 2.51. The van der Waals surface area contributed by atoms with Gasteiger partial charge in [-0.3, -0.25) is 0 Å². The standard InChI is InChI=1S/C18H24N2O3S/c1-18(2,3)14-9-7-13(8-10-14)15(21)12-20-17-16(24(4,22)23)6-5-11-19-17/h5-11,15,21H,12H2,1-4H3,(H,19,20). The lowest BCUT2D eigenvalue weighted by Crippen LogP contribution is -2.16. The molecule has 1 aromatic carbocycles. The first kappa shape index (κ1) is 18.4. The first-order chi connectivity index (χ1) is 11.1. The van der Waals surface area contributed by atoms with E-state index in [0.717, 1.165) is 11.8 Å². The van der Waals surface area contributed by atoms with Gasteiger partial charge in [0.2, 0.25) is 0 Å². The van der Waals surface area contributed by atoms with Gasteiger partial charge in [0.05, 0.1) is 6.10 Å². The van der Waals surface area contributed by atoms with Crippen molar-refractivity contribution in [2.24, 2.45) is 0 Å². The van der Waals surface area contributed by atoms with Crippen LogP contribution in [0.1, 0.15) is 38.0 Å². The lowest BCUT2D eigenvalue weighted by molar-refractivity contribution is 0.191. The zero-order chi connectivity index (χ0) is 18.0. The molecule has 0 radical (unpaired) electrons. The van der Waals surface area contributed by atoms with E-state index in [-0.39, 0.29) is 22.7 Å². The van der Waals surface area contributed by atoms with E-state index in [0.29, 0.717) is 0 Å². The third-order valence-electron chi connectivity index (χ3n) is 3.79. The van der Waals surface area contributed by atoms with Crippen LogP contribution in [-0.4, -0.2) is 31.3 Å². The Morgan fingerprint density at radius 1 is 1.17 bits per heavy atom. The summed E-state index contributed by atoms with van der Waals surface area (Å²) in [4.78, 5) is 4.18. The lowest BCUT2D eigenvalue weighted by Gasteiger charge is -2.20. The van der Waals surface area contributed by atoms with Gasteiger partial charge in [-0.15, -0.1) is 0 Å². The Morgan fingerprint density at radius 3 is 2.33 bits per heavy atom. The van der Waals surface area contributed by atoms with Crippen LogP contribution >= 0.6 is 0 Å². The second-order valence-corrected chi connectivity index (χ2v) is 8.88. The normalized spacial score (nSPS) is 13.5. The largest absolute Gasteiger partial charge is 0.387 e. The van der Waals surface area contributed by atoms with Crippen molar-refractivity contribution in [3.8, 4) is 0 Å². The quantitative estimate of drug-likeness (QED) is 0.868. The van der Waals surface area contributed by atoms with Gasteiger partial charge in [-0.2, -0.15) is 0 Å². The van der Waals surface area contributed by atoms with Crippen molar-refractivity contribution in [3.63, 3.8) is 0 Å². The molecule has 0 saturated heterocycles. The maximum atomic E-state index is 11.8. The summed E-state index contributed by atoms with van der Waals surface area (Å²) in [6, 6.07) is 10.9. The Balaban J connectivity index is 2.10. The fourth-order valence-corrected chi connectivity index (χ4v) is 3.14. The first-order valence-electron chi connectivity index (χ1n) is 7.76. The molecule has 2 aromatic rings. The molecule has 0 aliphatic carbocycles. The zero-order valence-corrected chi connectivity index (χ0v) is 15.3. The van der Waals surface area contributed by atoms with Crippen LogP contribution < -0.4 is 5.32 Å². The molecule has 6 heteroatoms. The van der Waals surface area contributed by atoms with Crippen molar-refractivity contribution in [2.75, 3.05) is 18.1 Å². The number of pyridine rings is 1. The van der Waals surface area contributed by atoms with Gasteiger partial charge in [0.1, 0.15) is 10.7 Å². The van der Waals surface area contributed by atoms with E-state index in [1.807, 2.05) is 24.3 Å². The number of hydrogen-bond donors (Lipinski definition) is 2. The molecular formula is C18H24N2O3S. The minimum absolute atomic E-state index is 0.0556. The predicted molar refractivity (Wildman–Crippen MR) is 95.9 cm³/mol. The Kier molecular flexibility index (Phi) is 5.30. The van der Waals surface area contributed by atoms with Crippen LogP contribution in [0.3, 0.4) is 0 Å². The molecule has 0 amide bonds. The predicted octanol–water partition coefficient (Wildman–Crippen LogP) is 2.93. The van der Waals surface area contributed by atoms with Gasteiger partial charge in [0.25, 0.3) is 0 Å². The van der Waals surface area contributed by atoms with E-state index in [4.69, 9.17) is 0 Å². The van der Waals surface area contributed by atoms with Crippen LogP contribution in [0.5, 0.6) is 0 Å². The molecule has 0 bridgehead atoms. The molecule has 5 nitrogen and oxygen atoms in total. The van der Waals surface area contributed by atoms with E-state index in [1.54, 1.807) is 6.07 Å². The maximum absolute atomic E-state index is 11.8. The van der Waals surface area contributed by atoms with Crippen LogP contribution in [0.25, 0.3) is 0 Å². The minimum Gasteiger partial charge on any atom is -0.387 e. The van der Waals surface area contributed by atoms with Crippen molar-refractivity contribution >= 4 is 15.7 Å². The van der Waals surface area contributed by atoms with Gasteiger partial charge in [-0.25, -0.2) is 13.4 Å². The van der Waals surface area contributed by atoms with E-state index in [9.17, 15) is 13.5 Å². The number of nitrogens with zero attached hydrogens (tertiary/aromatic N) is 1. The molecule has 1 heterocycles. The second kappa shape index (κ2) is 6.91. The zero-order valence-electron chi connectivity index (χ0n) is 14.4. The summed E-state index contributed by atoms with van der Waals surface area (Å²) in [7, 11) is -3.37. The summed E-state index contributed by atoms with van der Waals surface area (Å²) in [6.45, 7) is 6.57. The van der Waals surface area contributed by atoms with Crippen molar-refractivity contribution in [1.82, 2.24) is 4.98 Å². The highest BCUT2D eigenvalue weighted by molar-refractivity contribution is 7.90. The fourth-order valence-electron chi connectivity index (χ4n) is 2.34. The topological polar surface area (TPSA) is 79.3 Å². The minimum atomic E-state index is -3.37. The molecule has 2 rings (SSSR count). The van der Waals surface area contributed by atoms with E-state index >= 15 is 0 Å². The number of aliphatic hydroxyl groups excluding tert-OH is 1. The third kappa shape index (κ3) is 4.55. The summed E-state index contributed by atoms with van der Waals surface area (Å²) < 4.78 is 23.5. The number of aromatic nitrogens is 1. The summed E-state index contributed by atoms with van der Waals surface area (Å²) in [6.07, 6.45) is 1.90. The van der Waals surface area contributed by atoms with Crippen LogP contribution in [0.2, 0.25) is 0 Å². The average molecular weight is 348 g/mol. The van der Waals surface area contributed by atoms with Crippen LogP contribution in [-0.2, 0) is 15.3 Å². The van der Waals surface area contributed by atoms with Gasteiger partial charge in [0, 0.05) is 19.0 Å². The van der Waals surface area contributed by atoms with Crippen molar-refractivity contribution < 1.29 is 13.5 Å². The highest BCUT2D eigenvalue weighted by Gasteiger charge is 2.17. The maximum Gasteiger partial charge on any atom is 0.179 e. The van der Waals surface area contributed by atoms with Crippen LogP contribution in [0.15, 0.2) is 47.5 Å². The number of hydrogen-bond acceptors (Lipinski definition) is 5. The molecule has 1 aromatic heterocycles. The van der Waals surface area contributed by atoms with Gasteiger partial charge in [0.15, 0.2) is 9.84 Å². The molecule has 24 heavy (non-hydrogen) atoms. The first-order valence-corrected chi connectivity index (χ1v) is 9.65. The smallest absolute Gasteiger partial charge is 0.179 e. The van der Waals surface area contributed by atoms with Gasteiger partial charge < -0.3 is 10.4 Å². The third-order valence-corrected chi connectivity index (χ3v) is 4.92. The number of sulfone groups is 1. The molecular weight excluding hydrogens is 324 g/mol. The van der Waals surface area contributed by atoms with Crippen molar-refractivity contribution in [2.45, 2.75) is 37.2 Å². The SMILES string of the molecule is CC(C)(C)c1ccc(C(O)CNc2ncccc2S(C)(=O)=O)cc1. The highest BCUT2D eigenvalue weighted by Crippen LogP contribution is 2.24. The second-order valence-electron chi connectivity index (χ2n) is 6.89.